The Morgan fingerprint density at radius 2 is 1.79 bits per heavy atom. The minimum absolute atomic E-state index is 0.408. The van der Waals surface area contributed by atoms with Crippen molar-refractivity contribution in [2.24, 2.45) is 5.73 Å². The first-order valence-electron chi connectivity index (χ1n) is 7.66. The molecule has 0 saturated heterocycles. The van der Waals surface area contributed by atoms with Crippen LogP contribution in [0, 0.1) is 0 Å². The number of rotatable bonds is 7. The van der Waals surface area contributed by atoms with E-state index >= 15 is 0 Å². The average Bonchev–Trinajstić information content (AvgIpc) is 2.59. The van der Waals surface area contributed by atoms with E-state index in [4.69, 9.17) is 10.5 Å². The van der Waals surface area contributed by atoms with Gasteiger partial charge >= 0.3 is 0 Å². The molecule has 0 aliphatic heterocycles. The molecular formula is C19H20N2O3. The van der Waals surface area contributed by atoms with E-state index in [2.05, 4.69) is 5.32 Å². The van der Waals surface area contributed by atoms with E-state index in [0.717, 1.165) is 5.56 Å². The van der Waals surface area contributed by atoms with E-state index in [1.165, 1.54) is 6.08 Å². The third-order valence-corrected chi connectivity index (χ3v) is 3.34. The van der Waals surface area contributed by atoms with Crippen LogP contribution in [0.1, 0.15) is 24.1 Å². The molecule has 2 aromatic carbocycles. The summed E-state index contributed by atoms with van der Waals surface area (Å²) in [7, 11) is 0. The quantitative estimate of drug-likeness (QED) is 0.768. The zero-order chi connectivity index (χ0) is 17.4. The predicted molar refractivity (Wildman–Crippen MR) is 93.2 cm³/mol. The number of ether oxygens (including phenoxy) is 1. The molecule has 24 heavy (non-hydrogen) atoms. The van der Waals surface area contributed by atoms with Gasteiger partial charge in [0.1, 0.15) is 11.8 Å². The Balaban J connectivity index is 2.10. The molecule has 0 radical (unpaired) electrons. The summed E-state index contributed by atoms with van der Waals surface area (Å²) in [4.78, 5) is 23.7. The smallest absolute Gasteiger partial charge is 0.244 e. The van der Waals surface area contributed by atoms with Gasteiger partial charge in [0.2, 0.25) is 11.8 Å². The Morgan fingerprint density at radius 3 is 2.46 bits per heavy atom. The fourth-order valence-electron chi connectivity index (χ4n) is 2.23. The number of amides is 2. The Labute approximate surface area is 141 Å². The van der Waals surface area contributed by atoms with E-state index in [9.17, 15) is 9.59 Å². The summed E-state index contributed by atoms with van der Waals surface area (Å²) in [6.07, 6.45) is 3.00. The predicted octanol–water partition coefficient (Wildman–Crippen LogP) is 2.44. The zero-order valence-corrected chi connectivity index (χ0v) is 13.4. The lowest BCUT2D eigenvalue weighted by molar-refractivity contribution is -0.125. The molecule has 124 valence electrons. The van der Waals surface area contributed by atoms with Gasteiger partial charge in [-0.2, -0.15) is 0 Å². The largest absolute Gasteiger partial charge is 0.493 e. The van der Waals surface area contributed by atoms with Gasteiger partial charge in [-0.05, 0) is 24.6 Å². The number of primary amides is 1. The highest BCUT2D eigenvalue weighted by molar-refractivity contribution is 5.95. The first kappa shape index (κ1) is 17.3. The lowest BCUT2D eigenvalue weighted by Crippen LogP contribution is -2.36. The van der Waals surface area contributed by atoms with Crippen LogP contribution in [-0.4, -0.2) is 18.4 Å². The second-order valence-corrected chi connectivity index (χ2v) is 5.06. The van der Waals surface area contributed by atoms with Crippen LogP contribution in [0.15, 0.2) is 60.7 Å². The molecule has 0 spiro atoms. The third-order valence-electron chi connectivity index (χ3n) is 3.34. The van der Waals surface area contributed by atoms with Crippen LogP contribution in [0.25, 0.3) is 6.08 Å². The summed E-state index contributed by atoms with van der Waals surface area (Å²) >= 11 is 0. The molecule has 3 N–H and O–H groups in total. The molecule has 0 bridgehead atoms. The first-order chi connectivity index (χ1) is 11.6. The summed E-state index contributed by atoms with van der Waals surface area (Å²) in [6.45, 7) is 2.43. The fourth-order valence-corrected chi connectivity index (χ4v) is 2.23. The Kier molecular flexibility index (Phi) is 6.14. The lowest BCUT2D eigenvalue weighted by Gasteiger charge is -2.14. The van der Waals surface area contributed by atoms with Gasteiger partial charge in [0.25, 0.3) is 0 Å². The van der Waals surface area contributed by atoms with Crippen molar-refractivity contribution in [1.29, 1.82) is 0 Å². The highest BCUT2D eigenvalue weighted by Crippen LogP contribution is 2.19. The van der Waals surface area contributed by atoms with E-state index in [1.807, 2.05) is 37.3 Å². The highest BCUT2D eigenvalue weighted by Gasteiger charge is 2.18. The van der Waals surface area contributed by atoms with Crippen LogP contribution in [0.5, 0.6) is 5.75 Å². The highest BCUT2D eigenvalue weighted by atomic mass is 16.5. The fraction of sp³-hybridized carbons (Fsp3) is 0.158. The second-order valence-electron chi connectivity index (χ2n) is 5.06. The minimum atomic E-state index is -0.870. The maximum atomic E-state index is 12.1. The molecule has 5 heteroatoms. The van der Waals surface area contributed by atoms with Crippen molar-refractivity contribution in [2.45, 2.75) is 13.0 Å². The van der Waals surface area contributed by atoms with Crippen LogP contribution in [0.2, 0.25) is 0 Å². The van der Waals surface area contributed by atoms with Crippen molar-refractivity contribution in [3.05, 3.63) is 71.8 Å². The molecule has 1 unspecified atom stereocenters. The van der Waals surface area contributed by atoms with E-state index < -0.39 is 17.9 Å². The summed E-state index contributed by atoms with van der Waals surface area (Å²) in [6, 6.07) is 15.4. The van der Waals surface area contributed by atoms with Gasteiger partial charge in [0.15, 0.2) is 0 Å². The Morgan fingerprint density at radius 1 is 1.12 bits per heavy atom. The summed E-state index contributed by atoms with van der Waals surface area (Å²) in [5.74, 6) is -0.329. The van der Waals surface area contributed by atoms with Gasteiger partial charge < -0.3 is 15.8 Å². The first-order valence-corrected chi connectivity index (χ1v) is 7.66. The number of carbonyl (C=O) groups is 2. The number of nitrogens with two attached hydrogens (primary N) is 1. The molecule has 0 heterocycles. The number of carbonyl (C=O) groups excluding carboxylic acids is 2. The Hall–Kier alpha value is -3.08. The number of hydrogen-bond acceptors (Lipinski definition) is 3. The van der Waals surface area contributed by atoms with Crippen molar-refractivity contribution in [2.75, 3.05) is 6.61 Å². The van der Waals surface area contributed by atoms with E-state index in [1.54, 1.807) is 30.3 Å². The van der Waals surface area contributed by atoms with E-state index in [0.29, 0.717) is 17.9 Å². The maximum Gasteiger partial charge on any atom is 0.244 e. The SMILES string of the molecule is CCOc1ccccc1/C=C/C(=O)NC(C(N)=O)c1ccccc1. The molecule has 1 atom stereocenters. The van der Waals surface area contributed by atoms with Crippen molar-refractivity contribution < 1.29 is 14.3 Å². The van der Waals surface area contributed by atoms with E-state index in [-0.39, 0.29) is 0 Å². The maximum absolute atomic E-state index is 12.1. The van der Waals surface area contributed by atoms with Crippen LogP contribution in [0.4, 0.5) is 0 Å². The molecule has 0 saturated carbocycles. The van der Waals surface area contributed by atoms with Gasteiger partial charge in [-0.1, -0.05) is 48.5 Å². The number of para-hydroxylation sites is 1. The Bertz CT molecular complexity index is 726. The van der Waals surface area contributed by atoms with Crippen molar-refractivity contribution in [3.8, 4) is 5.75 Å². The van der Waals surface area contributed by atoms with Gasteiger partial charge in [-0.3, -0.25) is 9.59 Å². The van der Waals surface area contributed by atoms with Gasteiger partial charge in [0, 0.05) is 11.6 Å². The standard InChI is InChI=1S/C19H20N2O3/c1-2-24-16-11-7-6-8-14(16)12-13-17(22)21-18(19(20)23)15-9-4-3-5-10-15/h3-13,18H,2H2,1H3,(H2,20,23)(H,21,22)/b13-12+. The molecule has 2 rings (SSSR count). The van der Waals surface area contributed by atoms with Crippen molar-refractivity contribution in [3.63, 3.8) is 0 Å². The van der Waals surface area contributed by atoms with Crippen LogP contribution in [0.3, 0.4) is 0 Å². The van der Waals surface area contributed by atoms with Gasteiger partial charge in [-0.25, -0.2) is 0 Å². The summed E-state index contributed by atoms with van der Waals surface area (Å²) in [5, 5.41) is 2.61. The van der Waals surface area contributed by atoms with Crippen molar-refractivity contribution in [1.82, 2.24) is 5.32 Å². The van der Waals surface area contributed by atoms with Crippen LogP contribution in [-0.2, 0) is 9.59 Å². The minimum Gasteiger partial charge on any atom is -0.493 e. The number of nitrogens with one attached hydrogen (secondary N) is 1. The molecule has 0 aliphatic carbocycles. The zero-order valence-electron chi connectivity index (χ0n) is 13.4. The monoisotopic (exact) mass is 324 g/mol. The molecule has 0 fully saturated rings. The van der Waals surface area contributed by atoms with Gasteiger partial charge in [0.05, 0.1) is 6.61 Å². The van der Waals surface area contributed by atoms with Gasteiger partial charge in [-0.15, -0.1) is 0 Å². The lowest BCUT2D eigenvalue weighted by atomic mass is 10.1. The van der Waals surface area contributed by atoms with Crippen LogP contribution < -0.4 is 15.8 Å². The molecular weight excluding hydrogens is 304 g/mol. The molecule has 5 nitrogen and oxygen atoms in total. The average molecular weight is 324 g/mol. The van der Waals surface area contributed by atoms with Crippen LogP contribution >= 0.6 is 0 Å². The third kappa shape index (κ3) is 4.71. The normalized spacial score (nSPS) is 11.9. The molecule has 0 aromatic heterocycles. The topological polar surface area (TPSA) is 81.4 Å². The molecule has 2 amide bonds. The summed E-state index contributed by atoms with van der Waals surface area (Å²) in [5.41, 5.74) is 6.81. The molecule has 2 aromatic rings. The second kappa shape index (κ2) is 8.53. The number of hydrogen-bond donors (Lipinski definition) is 2. The summed E-state index contributed by atoms with van der Waals surface area (Å²) < 4.78 is 5.50. The van der Waals surface area contributed by atoms with Crippen molar-refractivity contribution >= 4 is 17.9 Å². The molecule has 0 aliphatic rings. The number of benzene rings is 2.